The lowest BCUT2D eigenvalue weighted by atomic mass is 10.1. The molecule has 0 aliphatic heterocycles. The van der Waals surface area contributed by atoms with E-state index in [0.717, 1.165) is 21.8 Å². The van der Waals surface area contributed by atoms with Gasteiger partial charge < -0.3 is 15.0 Å². The molecule has 4 aromatic rings. The summed E-state index contributed by atoms with van der Waals surface area (Å²) in [6.45, 7) is 1.63. The number of hydrogen-bond donors (Lipinski definition) is 2. The molecule has 1 heterocycles. The Hall–Kier alpha value is -3.34. The molecule has 0 saturated heterocycles. The lowest BCUT2D eigenvalue weighted by Gasteiger charge is -2.15. The Morgan fingerprint density at radius 1 is 1.00 bits per heavy atom. The van der Waals surface area contributed by atoms with Crippen molar-refractivity contribution in [3.05, 3.63) is 72.5 Å². The van der Waals surface area contributed by atoms with Gasteiger partial charge in [-0.15, -0.1) is 0 Å². The average Bonchev–Trinajstić information content (AvgIpc) is 3.01. The van der Waals surface area contributed by atoms with Crippen LogP contribution in [0, 0.1) is 5.82 Å². The van der Waals surface area contributed by atoms with Crippen molar-refractivity contribution >= 4 is 33.4 Å². The van der Waals surface area contributed by atoms with Gasteiger partial charge in [-0.3, -0.25) is 4.79 Å². The van der Waals surface area contributed by atoms with Crippen LogP contribution in [0.25, 0.3) is 21.8 Å². The van der Waals surface area contributed by atoms with Crippen LogP contribution in [0.1, 0.15) is 6.92 Å². The summed E-state index contributed by atoms with van der Waals surface area (Å²) in [4.78, 5) is 15.6. The van der Waals surface area contributed by atoms with Crippen LogP contribution in [-0.4, -0.2) is 17.0 Å². The third-order valence-corrected chi connectivity index (χ3v) is 4.29. The van der Waals surface area contributed by atoms with E-state index < -0.39 is 17.8 Å². The summed E-state index contributed by atoms with van der Waals surface area (Å²) in [5.74, 6) is -0.320. The molecule has 130 valence electrons. The number of hydrogen-bond acceptors (Lipinski definition) is 2. The molecule has 0 saturated carbocycles. The van der Waals surface area contributed by atoms with Gasteiger partial charge in [-0.2, -0.15) is 0 Å². The molecular formula is C21H17FN2O2. The van der Waals surface area contributed by atoms with Gasteiger partial charge in [0.2, 0.25) is 0 Å². The normalized spacial score (nSPS) is 12.2. The predicted molar refractivity (Wildman–Crippen MR) is 101 cm³/mol. The molecule has 0 unspecified atom stereocenters. The largest absolute Gasteiger partial charge is 0.481 e. The summed E-state index contributed by atoms with van der Waals surface area (Å²) >= 11 is 0. The smallest absolute Gasteiger partial charge is 0.265 e. The van der Waals surface area contributed by atoms with Crippen molar-refractivity contribution < 1.29 is 13.9 Å². The third-order valence-electron chi connectivity index (χ3n) is 4.29. The van der Waals surface area contributed by atoms with E-state index >= 15 is 0 Å². The highest BCUT2D eigenvalue weighted by Crippen LogP contribution is 2.28. The molecule has 4 rings (SSSR count). The number of para-hydroxylation sites is 2. The van der Waals surface area contributed by atoms with Gasteiger partial charge in [0.05, 0.1) is 11.2 Å². The Balaban J connectivity index is 1.53. The van der Waals surface area contributed by atoms with E-state index in [1.807, 2.05) is 36.4 Å². The number of amides is 1. The highest BCUT2D eigenvalue weighted by atomic mass is 19.1. The quantitative estimate of drug-likeness (QED) is 0.553. The van der Waals surface area contributed by atoms with Crippen molar-refractivity contribution in [2.75, 3.05) is 5.32 Å². The summed E-state index contributed by atoms with van der Waals surface area (Å²) in [6.07, 6.45) is -0.767. The van der Waals surface area contributed by atoms with E-state index in [0.29, 0.717) is 5.75 Å². The van der Waals surface area contributed by atoms with Gasteiger partial charge in [0.1, 0.15) is 11.6 Å². The molecule has 0 bridgehead atoms. The molecule has 1 aromatic heterocycles. The Labute approximate surface area is 149 Å². The summed E-state index contributed by atoms with van der Waals surface area (Å²) in [5, 5.41) is 4.77. The van der Waals surface area contributed by atoms with E-state index in [9.17, 15) is 9.18 Å². The van der Waals surface area contributed by atoms with Crippen LogP contribution in [0.2, 0.25) is 0 Å². The van der Waals surface area contributed by atoms with Gasteiger partial charge >= 0.3 is 0 Å². The molecular weight excluding hydrogens is 331 g/mol. The van der Waals surface area contributed by atoms with Crippen molar-refractivity contribution in [2.24, 2.45) is 0 Å². The number of nitrogens with one attached hydrogen (secondary N) is 2. The van der Waals surface area contributed by atoms with Crippen LogP contribution >= 0.6 is 0 Å². The highest BCUT2D eigenvalue weighted by Gasteiger charge is 2.17. The maximum atomic E-state index is 13.7. The number of carbonyl (C=O) groups excluding carboxylic acids is 1. The van der Waals surface area contributed by atoms with E-state index in [1.54, 1.807) is 19.1 Å². The first kappa shape index (κ1) is 16.1. The fourth-order valence-corrected chi connectivity index (χ4v) is 2.96. The van der Waals surface area contributed by atoms with E-state index in [-0.39, 0.29) is 5.69 Å². The van der Waals surface area contributed by atoms with E-state index in [1.165, 1.54) is 12.1 Å². The first-order chi connectivity index (χ1) is 12.6. The number of aromatic nitrogens is 1. The lowest BCUT2D eigenvalue weighted by Crippen LogP contribution is -2.30. The van der Waals surface area contributed by atoms with Gasteiger partial charge in [0.25, 0.3) is 5.91 Å². The second-order valence-corrected chi connectivity index (χ2v) is 6.11. The maximum absolute atomic E-state index is 13.7. The molecule has 1 amide bonds. The Morgan fingerprint density at radius 2 is 1.73 bits per heavy atom. The number of H-pyrrole nitrogens is 1. The maximum Gasteiger partial charge on any atom is 0.265 e. The van der Waals surface area contributed by atoms with Gasteiger partial charge in [-0.1, -0.05) is 30.3 Å². The van der Waals surface area contributed by atoms with Crippen LogP contribution in [0.15, 0.2) is 66.7 Å². The molecule has 0 radical (unpaired) electrons. The number of anilines is 1. The molecule has 1 atom stereocenters. The second-order valence-electron chi connectivity index (χ2n) is 6.11. The second kappa shape index (κ2) is 6.52. The number of benzene rings is 3. The molecule has 0 fully saturated rings. The number of ether oxygens (including phenoxy) is 1. The van der Waals surface area contributed by atoms with Crippen molar-refractivity contribution in [3.63, 3.8) is 0 Å². The first-order valence-corrected chi connectivity index (χ1v) is 8.34. The van der Waals surface area contributed by atoms with Crippen molar-refractivity contribution in [2.45, 2.75) is 13.0 Å². The van der Waals surface area contributed by atoms with Crippen LogP contribution in [0.4, 0.5) is 10.1 Å². The van der Waals surface area contributed by atoms with Crippen LogP contribution in [0.5, 0.6) is 5.75 Å². The minimum absolute atomic E-state index is 0.138. The van der Waals surface area contributed by atoms with Gasteiger partial charge in [-0.25, -0.2) is 4.39 Å². The zero-order valence-electron chi connectivity index (χ0n) is 14.1. The summed E-state index contributed by atoms with van der Waals surface area (Å²) < 4.78 is 19.4. The van der Waals surface area contributed by atoms with E-state index in [2.05, 4.69) is 16.4 Å². The number of carbonyl (C=O) groups is 1. The average molecular weight is 348 g/mol. The van der Waals surface area contributed by atoms with Crippen molar-refractivity contribution in [1.82, 2.24) is 4.98 Å². The standard InChI is InChI=1S/C21H17FN2O2/c1-13(21(25)24-19-9-5-3-7-17(19)22)26-14-10-11-16-15-6-2-4-8-18(15)23-20(16)12-14/h2-13,23H,1H3,(H,24,25)/t13-/m1/s1. The van der Waals surface area contributed by atoms with Crippen molar-refractivity contribution in [1.29, 1.82) is 0 Å². The third kappa shape index (κ3) is 2.99. The monoisotopic (exact) mass is 348 g/mol. The molecule has 0 aliphatic carbocycles. The molecule has 26 heavy (non-hydrogen) atoms. The zero-order chi connectivity index (χ0) is 18.1. The van der Waals surface area contributed by atoms with Crippen molar-refractivity contribution in [3.8, 4) is 5.75 Å². The number of fused-ring (bicyclic) bond motifs is 3. The predicted octanol–water partition coefficient (Wildman–Crippen LogP) is 4.87. The van der Waals surface area contributed by atoms with Gasteiger partial charge in [-0.05, 0) is 37.3 Å². The minimum atomic E-state index is -0.767. The SMILES string of the molecule is C[C@@H](Oc1ccc2c(c1)[nH]c1ccccc12)C(=O)Nc1ccccc1F. The van der Waals surface area contributed by atoms with Crippen LogP contribution in [0.3, 0.4) is 0 Å². The van der Waals surface area contributed by atoms with Crippen LogP contribution in [-0.2, 0) is 4.79 Å². The minimum Gasteiger partial charge on any atom is -0.481 e. The van der Waals surface area contributed by atoms with Crippen LogP contribution < -0.4 is 10.1 Å². The number of rotatable bonds is 4. The Kier molecular flexibility index (Phi) is 4.05. The molecule has 2 N–H and O–H groups in total. The van der Waals surface area contributed by atoms with Gasteiger partial charge in [0, 0.05) is 22.4 Å². The van der Waals surface area contributed by atoms with E-state index in [4.69, 9.17) is 4.74 Å². The summed E-state index contributed by atoms with van der Waals surface area (Å²) in [6, 6.07) is 19.7. The molecule has 0 spiro atoms. The fourth-order valence-electron chi connectivity index (χ4n) is 2.96. The Morgan fingerprint density at radius 3 is 2.58 bits per heavy atom. The molecule has 0 aliphatic rings. The Bertz CT molecular complexity index is 1100. The highest BCUT2D eigenvalue weighted by molar-refractivity contribution is 6.07. The molecule has 3 aromatic carbocycles. The zero-order valence-corrected chi connectivity index (χ0v) is 14.1. The lowest BCUT2D eigenvalue weighted by molar-refractivity contribution is -0.122. The summed E-state index contributed by atoms with van der Waals surface area (Å²) in [7, 11) is 0. The molecule has 4 nitrogen and oxygen atoms in total. The topological polar surface area (TPSA) is 54.1 Å². The number of aromatic amines is 1. The van der Waals surface area contributed by atoms with Gasteiger partial charge in [0.15, 0.2) is 6.10 Å². The fraction of sp³-hybridized carbons (Fsp3) is 0.0952. The first-order valence-electron chi connectivity index (χ1n) is 8.34. The summed E-state index contributed by atoms with van der Waals surface area (Å²) in [5.41, 5.74) is 2.12. The molecule has 5 heteroatoms. The number of halogens is 1.